The molecule has 0 radical (unpaired) electrons. The van der Waals surface area contributed by atoms with E-state index in [2.05, 4.69) is 0 Å². The summed E-state index contributed by atoms with van der Waals surface area (Å²) in [7, 11) is 0. The molecule has 1 saturated carbocycles. The van der Waals surface area contributed by atoms with Crippen LogP contribution in [-0.4, -0.2) is 36.0 Å². The molecular formula is C15H21NO3S. The first-order chi connectivity index (χ1) is 9.61. The lowest BCUT2D eigenvalue weighted by Gasteiger charge is -2.25. The normalized spacial score (nSPS) is 15.7. The van der Waals surface area contributed by atoms with Gasteiger partial charge in [0.2, 0.25) is 5.91 Å². The van der Waals surface area contributed by atoms with Gasteiger partial charge in [-0.25, -0.2) is 0 Å². The van der Waals surface area contributed by atoms with Gasteiger partial charge in [-0.05, 0) is 31.2 Å². The first kappa shape index (κ1) is 15.0. The van der Waals surface area contributed by atoms with Gasteiger partial charge in [0.25, 0.3) is 0 Å². The number of amides is 1. The van der Waals surface area contributed by atoms with Crippen molar-refractivity contribution < 1.29 is 14.3 Å². The maximum Gasteiger partial charge on any atom is 0.310 e. The molecule has 0 N–H and O–H groups in total. The van der Waals surface area contributed by atoms with Crippen molar-refractivity contribution in [1.29, 1.82) is 0 Å². The van der Waals surface area contributed by atoms with Gasteiger partial charge in [0.05, 0.1) is 18.9 Å². The molecule has 5 heteroatoms. The molecule has 1 aliphatic rings. The number of thiophene rings is 1. The van der Waals surface area contributed by atoms with Gasteiger partial charge < -0.3 is 9.64 Å². The molecule has 4 nitrogen and oxygen atoms in total. The summed E-state index contributed by atoms with van der Waals surface area (Å²) >= 11 is 1.59. The number of rotatable bonds is 7. The molecule has 20 heavy (non-hydrogen) atoms. The zero-order valence-corrected chi connectivity index (χ0v) is 12.8. The molecule has 1 aliphatic carbocycles. The van der Waals surface area contributed by atoms with Gasteiger partial charge in [-0.2, -0.15) is 0 Å². The maximum atomic E-state index is 12.4. The lowest BCUT2D eigenvalue weighted by Crippen LogP contribution is -2.39. The molecule has 1 fully saturated rings. The Kier molecular flexibility index (Phi) is 5.17. The van der Waals surface area contributed by atoms with Gasteiger partial charge in [-0.3, -0.25) is 9.59 Å². The van der Waals surface area contributed by atoms with Gasteiger partial charge in [0.15, 0.2) is 0 Å². The Labute approximate surface area is 123 Å². The lowest BCUT2D eigenvalue weighted by molar-refractivity contribution is -0.148. The van der Waals surface area contributed by atoms with Crippen LogP contribution in [0, 0.1) is 5.92 Å². The van der Waals surface area contributed by atoms with Gasteiger partial charge in [-0.1, -0.05) is 13.0 Å². The largest absolute Gasteiger partial charge is 0.466 e. The molecule has 0 bridgehead atoms. The zero-order chi connectivity index (χ0) is 14.5. The Morgan fingerprint density at radius 2 is 2.25 bits per heavy atom. The van der Waals surface area contributed by atoms with Crippen molar-refractivity contribution in [1.82, 2.24) is 4.90 Å². The van der Waals surface area contributed by atoms with E-state index in [9.17, 15) is 9.59 Å². The monoisotopic (exact) mass is 295 g/mol. The third-order valence-corrected chi connectivity index (χ3v) is 4.25. The smallest absolute Gasteiger partial charge is 0.310 e. The molecule has 1 unspecified atom stereocenters. The number of hydrogen-bond acceptors (Lipinski definition) is 4. The summed E-state index contributed by atoms with van der Waals surface area (Å²) in [5, 5.41) is 1.98. The number of esters is 1. The quantitative estimate of drug-likeness (QED) is 0.726. The minimum Gasteiger partial charge on any atom is -0.466 e. The average Bonchev–Trinajstić information content (AvgIpc) is 3.13. The Balaban J connectivity index is 1.93. The Bertz CT molecular complexity index is 454. The Morgan fingerprint density at radius 1 is 1.50 bits per heavy atom. The molecule has 1 amide bonds. The van der Waals surface area contributed by atoms with Crippen molar-refractivity contribution in [3.8, 4) is 0 Å². The van der Waals surface area contributed by atoms with Crippen LogP contribution in [0.4, 0.5) is 0 Å². The zero-order valence-electron chi connectivity index (χ0n) is 12.0. The SMILES string of the molecule is CCOC(=O)C(C)CN(C(=O)Cc1cccs1)C1CC1. The van der Waals surface area contributed by atoms with E-state index in [1.54, 1.807) is 18.3 Å². The molecule has 0 spiro atoms. The second-order valence-corrected chi connectivity index (χ2v) is 6.22. The molecule has 1 atom stereocenters. The summed E-state index contributed by atoms with van der Waals surface area (Å²) in [5.74, 6) is -0.365. The summed E-state index contributed by atoms with van der Waals surface area (Å²) in [6, 6.07) is 4.25. The highest BCUT2D eigenvalue weighted by Crippen LogP contribution is 2.28. The van der Waals surface area contributed by atoms with E-state index in [0.29, 0.717) is 25.6 Å². The summed E-state index contributed by atoms with van der Waals surface area (Å²) in [6.07, 6.45) is 2.53. The van der Waals surface area contributed by atoms with Gasteiger partial charge in [0.1, 0.15) is 0 Å². The molecule has 2 rings (SSSR count). The van der Waals surface area contributed by atoms with Crippen molar-refractivity contribution in [3.63, 3.8) is 0 Å². The second-order valence-electron chi connectivity index (χ2n) is 5.19. The predicted molar refractivity (Wildman–Crippen MR) is 78.6 cm³/mol. The summed E-state index contributed by atoms with van der Waals surface area (Å²) in [4.78, 5) is 27.0. The van der Waals surface area contributed by atoms with Crippen LogP contribution in [0.3, 0.4) is 0 Å². The minimum absolute atomic E-state index is 0.117. The van der Waals surface area contributed by atoms with Crippen molar-refractivity contribution in [2.75, 3.05) is 13.2 Å². The van der Waals surface area contributed by atoms with E-state index in [1.807, 2.05) is 29.3 Å². The van der Waals surface area contributed by atoms with Crippen LogP contribution in [0.2, 0.25) is 0 Å². The van der Waals surface area contributed by atoms with Crippen LogP contribution in [0.5, 0.6) is 0 Å². The molecule has 1 aromatic rings. The van der Waals surface area contributed by atoms with Crippen LogP contribution in [0.1, 0.15) is 31.6 Å². The third kappa shape index (κ3) is 4.07. The molecule has 1 heterocycles. The van der Waals surface area contributed by atoms with Crippen LogP contribution >= 0.6 is 11.3 Å². The highest BCUT2D eigenvalue weighted by molar-refractivity contribution is 7.10. The summed E-state index contributed by atoms with van der Waals surface area (Å²) in [6.45, 7) is 4.47. The standard InChI is InChI=1S/C15H21NO3S/c1-3-19-15(18)11(2)10-16(12-6-7-12)14(17)9-13-5-4-8-20-13/h4-5,8,11-12H,3,6-7,9-10H2,1-2H3. The highest BCUT2D eigenvalue weighted by atomic mass is 32.1. The van der Waals surface area contributed by atoms with Crippen LogP contribution < -0.4 is 0 Å². The topological polar surface area (TPSA) is 46.6 Å². The van der Waals surface area contributed by atoms with E-state index in [1.165, 1.54) is 0 Å². The first-order valence-electron chi connectivity index (χ1n) is 7.10. The van der Waals surface area contributed by atoms with E-state index >= 15 is 0 Å². The predicted octanol–water partition coefficient (Wildman–Crippen LogP) is 2.48. The first-order valence-corrected chi connectivity index (χ1v) is 7.98. The molecular weight excluding hydrogens is 274 g/mol. The Hall–Kier alpha value is -1.36. The number of hydrogen-bond donors (Lipinski definition) is 0. The minimum atomic E-state index is -0.261. The molecule has 0 saturated heterocycles. The fourth-order valence-corrected chi connectivity index (χ4v) is 2.85. The average molecular weight is 295 g/mol. The number of carbonyl (C=O) groups excluding carboxylic acids is 2. The lowest BCUT2D eigenvalue weighted by atomic mass is 10.1. The van der Waals surface area contributed by atoms with Crippen molar-refractivity contribution in [3.05, 3.63) is 22.4 Å². The maximum absolute atomic E-state index is 12.4. The van der Waals surface area contributed by atoms with Gasteiger partial charge in [0, 0.05) is 17.5 Å². The number of ether oxygens (including phenoxy) is 1. The molecule has 0 aliphatic heterocycles. The van der Waals surface area contributed by atoms with Crippen LogP contribution in [0.25, 0.3) is 0 Å². The van der Waals surface area contributed by atoms with Crippen LogP contribution in [0.15, 0.2) is 17.5 Å². The fourth-order valence-electron chi connectivity index (χ4n) is 2.16. The van der Waals surface area contributed by atoms with Crippen molar-refractivity contribution in [2.24, 2.45) is 5.92 Å². The third-order valence-electron chi connectivity index (χ3n) is 3.37. The molecule has 1 aromatic heterocycles. The van der Waals surface area contributed by atoms with Gasteiger partial charge in [-0.15, -0.1) is 11.3 Å². The number of nitrogens with zero attached hydrogens (tertiary/aromatic N) is 1. The molecule has 0 aromatic carbocycles. The van der Waals surface area contributed by atoms with Gasteiger partial charge >= 0.3 is 5.97 Å². The second kappa shape index (κ2) is 6.88. The van der Waals surface area contributed by atoms with Crippen molar-refractivity contribution in [2.45, 2.75) is 39.2 Å². The van der Waals surface area contributed by atoms with E-state index < -0.39 is 0 Å². The number of carbonyl (C=O) groups is 2. The summed E-state index contributed by atoms with van der Waals surface area (Å²) < 4.78 is 5.02. The van der Waals surface area contributed by atoms with Crippen LogP contribution in [-0.2, 0) is 20.7 Å². The summed E-state index contributed by atoms with van der Waals surface area (Å²) in [5.41, 5.74) is 0. The van der Waals surface area contributed by atoms with E-state index in [0.717, 1.165) is 17.7 Å². The van der Waals surface area contributed by atoms with Crippen molar-refractivity contribution >= 4 is 23.2 Å². The Morgan fingerprint density at radius 3 is 2.80 bits per heavy atom. The molecule has 110 valence electrons. The highest BCUT2D eigenvalue weighted by Gasteiger charge is 2.34. The van der Waals surface area contributed by atoms with E-state index in [4.69, 9.17) is 4.74 Å². The fraction of sp³-hybridized carbons (Fsp3) is 0.600. The van der Waals surface area contributed by atoms with E-state index in [-0.39, 0.29) is 17.8 Å².